The van der Waals surface area contributed by atoms with E-state index in [-0.39, 0.29) is 36.8 Å². The van der Waals surface area contributed by atoms with E-state index < -0.39 is 0 Å². The highest BCUT2D eigenvalue weighted by atomic mass is 35.5. The Labute approximate surface area is 184 Å². The molecule has 3 heterocycles. The highest BCUT2D eigenvalue weighted by molar-refractivity contribution is 5.92. The zero-order valence-corrected chi connectivity index (χ0v) is 18.4. The summed E-state index contributed by atoms with van der Waals surface area (Å²) in [6.07, 6.45) is 3.90. The molecule has 160 valence electrons. The van der Waals surface area contributed by atoms with E-state index in [0.717, 1.165) is 52.1 Å². The second kappa shape index (κ2) is 10.9. The van der Waals surface area contributed by atoms with Gasteiger partial charge in [-0.15, -0.1) is 29.9 Å². The van der Waals surface area contributed by atoms with Gasteiger partial charge in [-0.2, -0.15) is 0 Å². The van der Waals surface area contributed by atoms with Crippen LogP contribution in [0.4, 0.5) is 0 Å². The van der Waals surface area contributed by atoms with Crippen molar-refractivity contribution in [2.24, 2.45) is 0 Å². The molecule has 9 heteroatoms. The molecule has 2 aliphatic rings. The topological polar surface area (TPSA) is 66.3 Å². The predicted molar refractivity (Wildman–Crippen MR) is 118 cm³/mol. The fourth-order valence-corrected chi connectivity index (χ4v) is 4.09. The molecule has 2 aliphatic heterocycles. The second-order valence-electron chi connectivity index (χ2n) is 7.63. The fraction of sp³-hybridized carbons (Fsp3) is 0.550. The van der Waals surface area contributed by atoms with E-state index in [1.54, 1.807) is 0 Å². The maximum absolute atomic E-state index is 13.0. The summed E-state index contributed by atoms with van der Waals surface area (Å²) >= 11 is 0. The Morgan fingerprint density at radius 3 is 2.55 bits per heavy atom. The molecule has 2 aromatic rings. The molecule has 0 radical (unpaired) electrons. The van der Waals surface area contributed by atoms with E-state index in [2.05, 4.69) is 51.7 Å². The largest absolute Gasteiger partial charge is 0.332 e. The number of nitrogens with one attached hydrogen (secondary N) is 1. The number of benzene rings is 1. The number of carbonyl (C=O) groups excluding carboxylic acids is 1. The summed E-state index contributed by atoms with van der Waals surface area (Å²) in [4.78, 5) is 17.3. The minimum absolute atomic E-state index is 0. The maximum atomic E-state index is 13.0. The molecular weight excluding hydrogens is 411 g/mol. The van der Waals surface area contributed by atoms with Crippen LogP contribution in [0.25, 0.3) is 0 Å². The van der Waals surface area contributed by atoms with Crippen LogP contribution in [-0.4, -0.2) is 69.5 Å². The van der Waals surface area contributed by atoms with Crippen molar-refractivity contribution in [3.05, 3.63) is 47.8 Å². The van der Waals surface area contributed by atoms with Crippen molar-refractivity contribution in [3.8, 4) is 0 Å². The van der Waals surface area contributed by atoms with Gasteiger partial charge in [0, 0.05) is 32.2 Å². The van der Waals surface area contributed by atoms with Gasteiger partial charge < -0.3 is 10.2 Å². The number of piperazine rings is 1. The minimum Gasteiger partial charge on any atom is -0.332 e. The number of carbonyl (C=O) groups is 1. The highest BCUT2D eigenvalue weighted by Crippen LogP contribution is 2.19. The van der Waals surface area contributed by atoms with Crippen LogP contribution >= 0.6 is 24.8 Å². The van der Waals surface area contributed by atoms with Gasteiger partial charge in [-0.25, -0.2) is 4.68 Å². The Hall–Kier alpha value is -1.67. The Balaban J connectivity index is 0.00000150. The zero-order chi connectivity index (χ0) is 18.6. The number of hydrogen-bond donors (Lipinski definition) is 1. The average Bonchev–Trinajstić information content (AvgIpc) is 3.19. The van der Waals surface area contributed by atoms with Gasteiger partial charge in [0.1, 0.15) is 0 Å². The van der Waals surface area contributed by atoms with E-state index in [0.29, 0.717) is 11.7 Å². The first-order valence-electron chi connectivity index (χ1n) is 9.90. The van der Waals surface area contributed by atoms with Crippen LogP contribution < -0.4 is 5.32 Å². The van der Waals surface area contributed by atoms with E-state index in [1.807, 2.05) is 21.8 Å². The number of nitrogens with zero attached hydrogens (tertiary/aromatic N) is 5. The highest BCUT2D eigenvalue weighted by Gasteiger charge is 2.30. The standard InChI is InChI=1S/C20H28N6O.2ClH/c1-16-13-24(14-17-5-3-2-4-6-17)11-12-25(16)20(27)19-15-26(23-22-19)18-7-9-21-10-8-18;;/h2-6,15-16,18,21H,7-14H2,1H3;2*1H. The van der Waals surface area contributed by atoms with E-state index in [4.69, 9.17) is 0 Å². The van der Waals surface area contributed by atoms with Gasteiger partial charge in [0.2, 0.25) is 0 Å². The maximum Gasteiger partial charge on any atom is 0.276 e. The summed E-state index contributed by atoms with van der Waals surface area (Å²) in [6.45, 7) is 7.53. The molecule has 7 nitrogen and oxygen atoms in total. The van der Waals surface area contributed by atoms with Crippen LogP contribution in [-0.2, 0) is 6.54 Å². The van der Waals surface area contributed by atoms with Crippen LogP contribution in [0.15, 0.2) is 36.5 Å². The lowest BCUT2D eigenvalue weighted by Crippen LogP contribution is -2.53. The van der Waals surface area contributed by atoms with Crippen molar-refractivity contribution >= 4 is 30.7 Å². The van der Waals surface area contributed by atoms with Gasteiger partial charge in [0.15, 0.2) is 5.69 Å². The second-order valence-corrected chi connectivity index (χ2v) is 7.63. The Kier molecular flexibility index (Phi) is 8.89. The summed E-state index contributed by atoms with van der Waals surface area (Å²) in [5.41, 5.74) is 1.78. The van der Waals surface area contributed by atoms with Crippen molar-refractivity contribution < 1.29 is 4.79 Å². The van der Waals surface area contributed by atoms with E-state index in [1.165, 1.54) is 5.56 Å². The van der Waals surface area contributed by atoms with Gasteiger partial charge >= 0.3 is 0 Å². The number of hydrogen-bond acceptors (Lipinski definition) is 5. The monoisotopic (exact) mass is 440 g/mol. The van der Waals surface area contributed by atoms with Crippen LogP contribution in [0.5, 0.6) is 0 Å². The third kappa shape index (κ3) is 5.69. The number of rotatable bonds is 4. The van der Waals surface area contributed by atoms with Crippen LogP contribution in [0.1, 0.15) is 41.9 Å². The Bertz CT molecular complexity index is 765. The van der Waals surface area contributed by atoms with E-state index in [9.17, 15) is 4.79 Å². The first-order chi connectivity index (χ1) is 13.2. The molecule has 0 bridgehead atoms. The summed E-state index contributed by atoms with van der Waals surface area (Å²) in [7, 11) is 0. The van der Waals surface area contributed by atoms with Gasteiger partial charge in [-0.05, 0) is 38.4 Å². The molecule has 0 aliphatic carbocycles. The Morgan fingerprint density at radius 1 is 1.14 bits per heavy atom. The molecule has 1 amide bonds. The molecule has 1 aromatic carbocycles. The fourth-order valence-electron chi connectivity index (χ4n) is 4.09. The minimum atomic E-state index is 0. The molecule has 2 saturated heterocycles. The predicted octanol–water partition coefficient (Wildman–Crippen LogP) is 2.39. The van der Waals surface area contributed by atoms with Crippen molar-refractivity contribution in [3.63, 3.8) is 0 Å². The number of halogens is 2. The SMILES string of the molecule is CC1CN(Cc2ccccc2)CCN1C(=O)c1cn(C2CCNCC2)nn1.Cl.Cl. The molecule has 1 N–H and O–H groups in total. The first kappa shape index (κ1) is 23.6. The van der Waals surface area contributed by atoms with Crippen LogP contribution in [0, 0.1) is 0 Å². The lowest BCUT2D eigenvalue weighted by atomic mass is 10.1. The third-order valence-electron chi connectivity index (χ3n) is 5.63. The van der Waals surface area contributed by atoms with Gasteiger partial charge in [-0.3, -0.25) is 9.69 Å². The van der Waals surface area contributed by atoms with Crippen molar-refractivity contribution in [1.29, 1.82) is 0 Å². The zero-order valence-electron chi connectivity index (χ0n) is 16.7. The molecule has 0 saturated carbocycles. The molecule has 0 spiro atoms. The van der Waals surface area contributed by atoms with Crippen LogP contribution in [0.3, 0.4) is 0 Å². The summed E-state index contributed by atoms with van der Waals surface area (Å²) in [5, 5.41) is 11.8. The van der Waals surface area contributed by atoms with Gasteiger partial charge in [-0.1, -0.05) is 35.5 Å². The lowest BCUT2D eigenvalue weighted by Gasteiger charge is -2.39. The lowest BCUT2D eigenvalue weighted by molar-refractivity contribution is 0.0470. The van der Waals surface area contributed by atoms with Gasteiger partial charge in [0.25, 0.3) is 5.91 Å². The smallest absolute Gasteiger partial charge is 0.276 e. The molecule has 29 heavy (non-hydrogen) atoms. The molecular formula is C20H30Cl2N6O. The van der Waals surface area contributed by atoms with Crippen molar-refractivity contribution in [2.75, 3.05) is 32.7 Å². The van der Waals surface area contributed by atoms with Crippen LogP contribution in [0.2, 0.25) is 0 Å². The van der Waals surface area contributed by atoms with E-state index >= 15 is 0 Å². The molecule has 1 unspecified atom stereocenters. The van der Waals surface area contributed by atoms with Crippen molar-refractivity contribution in [1.82, 2.24) is 30.1 Å². The Morgan fingerprint density at radius 2 is 1.86 bits per heavy atom. The average molecular weight is 441 g/mol. The molecule has 1 aromatic heterocycles. The molecule has 2 fully saturated rings. The quantitative estimate of drug-likeness (QED) is 0.790. The number of aromatic nitrogens is 3. The normalized spacial score (nSPS) is 20.6. The summed E-state index contributed by atoms with van der Waals surface area (Å²) in [5.74, 6) is 0.00189. The number of amides is 1. The van der Waals surface area contributed by atoms with Crippen molar-refractivity contribution in [2.45, 2.75) is 38.4 Å². The van der Waals surface area contributed by atoms with Gasteiger partial charge in [0.05, 0.1) is 12.2 Å². The first-order valence-corrected chi connectivity index (χ1v) is 9.90. The summed E-state index contributed by atoms with van der Waals surface area (Å²) in [6, 6.07) is 11.0. The third-order valence-corrected chi connectivity index (χ3v) is 5.63. The summed E-state index contributed by atoms with van der Waals surface area (Å²) < 4.78 is 1.88. The number of piperidine rings is 1. The molecule has 1 atom stereocenters. The molecule has 4 rings (SSSR count).